The van der Waals surface area contributed by atoms with Crippen molar-refractivity contribution in [2.45, 2.75) is 22.8 Å². The molecule has 0 radical (unpaired) electrons. The number of anilines is 2. The van der Waals surface area contributed by atoms with E-state index in [1.807, 2.05) is 37.4 Å². The molecule has 0 saturated heterocycles. The average Bonchev–Trinajstić information content (AvgIpc) is 2.47. The number of hydrogen-bond donors (Lipinski definition) is 2. The Hall–Kier alpha value is -1.98. The molecule has 0 amide bonds. The summed E-state index contributed by atoms with van der Waals surface area (Å²) in [7, 11) is 2.00. The number of carboxylic acids is 1. The molecule has 0 aromatic heterocycles. The van der Waals surface area contributed by atoms with Gasteiger partial charge < -0.3 is 15.7 Å². The largest absolute Gasteiger partial charge is 0.481 e. The number of benzene rings is 2. The van der Waals surface area contributed by atoms with E-state index in [9.17, 15) is 4.79 Å². The first-order chi connectivity index (χ1) is 10.1. The monoisotopic (exact) mass is 300 g/mol. The van der Waals surface area contributed by atoms with Crippen LogP contribution in [0.5, 0.6) is 0 Å². The van der Waals surface area contributed by atoms with E-state index < -0.39 is 5.97 Å². The Labute approximate surface area is 127 Å². The zero-order chi connectivity index (χ0) is 15.0. The summed E-state index contributed by atoms with van der Waals surface area (Å²) in [6, 6.07) is 11.9. The van der Waals surface area contributed by atoms with E-state index in [-0.39, 0.29) is 6.42 Å². The molecule has 2 aromatic carbocycles. The van der Waals surface area contributed by atoms with Crippen LogP contribution >= 0.6 is 11.8 Å². The van der Waals surface area contributed by atoms with Gasteiger partial charge in [0.05, 0.1) is 17.8 Å². The Morgan fingerprint density at radius 3 is 2.29 bits per heavy atom. The fraction of sp³-hybridized carbons (Fsp3) is 0.188. The van der Waals surface area contributed by atoms with E-state index >= 15 is 0 Å². The maximum atomic E-state index is 11.1. The van der Waals surface area contributed by atoms with Crippen molar-refractivity contribution >= 4 is 29.1 Å². The van der Waals surface area contributed by atoms with Gasteiger partial charge in [0.15, 0.2) is 0 Å². The van der Waals surface area contributed by atoms with Crippen LogP contribution in [0, 0.1) is 0 Å². The minimum Gasteiger partial charge on any atom is -0.481 e. The minimum absolute atomic E-state index is 0.0319. The highest BCUT2D eigenvalue weighted by Gasteiger charge is 2.25. The summed E-state index contributed by atoms with van der Waals surface area (Å²) in [5.41, 5.74) is 9.91. The number of carboxylic acid groups (broad SMARTS) is 1. The molecule has 0 saturated carbocycles. The first-order valence-electron chi connectivity index (χ1n) is 6.69. The van der Waals surface area contributed by atoms with Crippen molar-refractivity contribution in [2.75, 3.05) is 11.9 Å². The van der Waals surface area contributed by atoms with Crippen LogP contribution in [0.4, 0.5) is 11.4 Å². The van der Waals surface area contributed by atoms with Crippen molar-refractivity contribution < 1.29 is 9.90 Å². The van der Waals surface area contributed by atoms with E-state index in [4.69, 9.17) is 10.8 Å². The van der Waals surface area contributed by atoms with Crippen LogP contribution in [0.1, 0.15) is 11.1 Å². The van der Waals surface area contributed by atoms with Crippen molar-refractivity contribution in [1.82, 2.24) is 0 Å². The molecule has 0 spiro atoms. The summed E-state index contributed by atoms with van der Waals surface area (Å²) < 4.78 is 0. The molecule has 0 bridgehead atoms. The van der Waals surface area contributed by atoms with Gasteiger partial charge in [-0.05, 0) is 23.3 Å². The summed E-state index contributed by atoms with van der Waals surface area (Å²) in [4.78, 5) is 15.3. The Kier molecular flexibility index (Phi) is 3.61. The molecule has 4 nitrogen and oxygen atoms in total. The first kappa shape index (κ1) is 14.0. The topological polar surface area (TPSA) is 66.6 Å². The normalized spacial score (nSPS) is 12.8. The predicted molar refractivity (Wildman–Crippen MR) is 84.3 cm³/mol. The molecule has 5 heteroatoms. The lowest BCUT2D eigenvalue weighted by atomic mass is 10.1. The van der Waals surface area contributed by atoms with Crippen LogP contribution in [0.2, 0.25) is 0 Å². The number of nitrogens with zero attached hydrogens (tertiary/aromatic N) is 1. The van der Waals surface area contributed by atoms with Crippen molar-refractivity contribution in [3.8, 4) is 0 Å². The lowest BCUT2D eigenvalue weighted by Gasteiger charge is -2.31. The van der Waals surface area contributed by atoms with Crippen molar-refractivity contribution in [2.24, 2.45) is 5.73 Å². The highest BCUT2D eigenvalue weighted by molar-refractivity contribution is 7.99. The summed E-state index contributed by atoms with van der Waals surface area (Å²) in [5, 5.41) is 9.09. The molecule has 2 aromatic rings. The fourth-order valence-electron chi connectivity index (χ4n) is 2.60. The summed E-state index contributed by atoms with van der Waals surface area (Å²) >= 11 is 1.62. The summed E-state index contributed by atoms with van der Waals surface area (Å²) in [5.74, 6) is -0.815. The Morgan fingerprint density at radius 2 is 1.71 bits per heavy atom. The highest BCUT2D eigenvalue weighted by atomic mass is 32.2. The number of rotatable bonds is 3. The molecule has 1 aliphatic rings. The van der Waals surface area contributed by atoms with Gasteiger partial charge in [-0.15, -0.1) is 0 Å². The lowest BCUT2D eigenvalue weighted by molar-refractivity contribution is -0.136. The van der Waals surface area contributed by atoms with E-state index in [1.54, 1.807) is 11.8 Å². The van der Waals surface area contributed by atoms with Crippen molar-refractivity contribution in [3.05, 3.63) is 47.5 Å². The van der Waals surface area contributed by atoms with Gasteiger partial charge >= 0.3 is 5.97 Å². The van der Waals surface area contributed by atoms with Crippen LogP contribution in [-0.4, -0.2) is 18.1 Å². The second-order valence-electron chi connectivity index (χ2n) is 4.97. The average molecular weight is 300 g/mol. The quantitative estimate of drug-likeness (QED) is 0.912. The zero-order valence-corrected chi connectivity index (χ0v) is 12.5. The molecule has 1 heterocycles. The third-order valence-corrected chi connectivity index (χ3v) is 4.99. The van der Waals surface area contributed by atoms with Crippen LogP contribution in [0.3, 0.4) is 0 Å². The fourth-order valence-corrected chi connectivity index (χ4v) is 3.98. The van der Waals surface area contributed by atoms with Gasteiger partial charge in [0.2, 0.25) is 0 Å². The predicted octanol–water partition coefficient (Wildman–Crippen LogP) is 3.00. The minimum atomic E-state index is -0.815. The van der Waals surface area contributed by atoms with Crippen LogP contribution in [-0.2, 0) is 17.8 Å². The molecule has 1 aliphatic heterocycles. The molecule has 3 rings (SSSR count). The standard InChI is InChI=1S/C16H16N2O2S/c1-18-12-6-2-4-10(8-14(19)20)15(12)21-16-11(9-17)5-3-7-13(16)18/h2-7H,8-9,17H2,1H3,(H,19,20). The lowest BCUT2D eigenvalue weighted by Crippen LogP contribution is -2.17. The molecule has 0 aliphatic carbocycles. The third-order valence-electron chi connectivity index (χ3n) is 3.64. The number of aliphatic carboxylic acids is 1. The van der Waals surface area contributed by atoms with Gasteiger partial charge in [-0.25, -0.2) is 0 Å². The molecule has 21 heavy (non-hydrogen) atoms. The van der Waals surface area contributed by atoms with E-state index in [0.29, 0.717) is 6.54 Å². The van der Waals surface area contributed by atoms with Gasteiger partial charge in [0.25, 0.3) is 0 Å². The molecule has 0 fully saturated rings. The van der Waals surface area contributed by atoms with Crippen molar-refractivity contribution in [1.29, 1.82) is 0 Å². The molecule has 0 atom stereocenters. The molecular formula is C16H16N2O2S. The first-order valence-corrected chi connectivity index (χ1v) is 7.50. The zero-order valence-electron chi connectivity index (χ0n) is 11.7. The second kappa shape index (κ2) is 5.42. The third kappa shape index (κ3) is 2.39. The molecule has 3 N–H and O–H groups in total. The van der Waals surface area contributed by atoms with Gasteiger partial charge in [-0.2, -0.15) is 0 Å². The molecular weight excluding hydrogens is 284 g/mol. The van der Waals surface area contributed by atoms with Crippen LogP contribution < -0.4 is 10.6 Å². The van der Waals surface area contributed by atoms with Gasteiger partial charge in [0.1, 0.15) is 0 Å². The highest BCUT2D eigenvalue weighted by Crippen LogP contribution is 2.50. The van der Waals surface area contributed by atoms with Crippen LogP contribution in [0.25, 0.3) is 0 Å². The Morgan fingerprint density at radius 1 is 1.14 bits per heavy atom. The second-order valence-corrected chi connectivity index (χ2v) is 5.99. The maximum Gasteiger partial charge on any atom is 0.307 e. The van der Waals surface area contributed by atoms with Gasteiger partial charge in [-0.1, -0.05) is 36.0 Å². The van der Waals surface area contributed by atoms with E-state index in [2.05, 4.69) is 11.0 Å². The molecule has 0 unspecified atom stereocenters. The van der Waals surface area contributed by atoms with Crippen LogP contribution in [0.15, 0.2) is 46.2 Å². The van der Waals surface area contributed by atoms with E-state index in [1.165, 1.54) is 0 Å². The SMILES string of the molecule is CN1c2cccc(CN)c2Sc2c(CC(=O)O)cccc21. The van der Waals surface area contributed by atoms with Gasteiger partial charge in [-0.3, -0.25) is 4.79 Å². The summed E-state index contributed by atoms with van der Waals surface area (Å²) in [6.07, 6.45) is 0.0319. The number of hydrogen-bond acceptors (Lipinski definition) is 4. The number of fused-ring (bicyclic) bond motifs is 2. The van der Waals surface area contributed by atoms with Crippen molar-refractivity contribution in [3.63, 3.8) is 0 Å². The van der Waals surface area contributed by atoms with Gasteiger partial charge in [0, 0.05) is 23.4 Å². The van der Waals surface area contributed by atoms with E-state index in [0.717, 1.165) is 32.3 Å². The Balaban J connectivity index is 2.14. The number of nitrogens with two attached hydrogens (primary N) is 1. The summed E-state index contributed by atoms with van der Waals surface area (Å²) in [6.45, 7) is 0.473. The molecule has 108 valence electrons. The number of carbonyl (C=O) groups is 1. The smallest absolute Gasteiger partial charge is 0.307 e. The Bertz CT molecular complexity index is 715. The maximum absolute atomic E-state index is 11.1.